The SMILES string of the molecule is Cc1nc(NCCc2cccc(-c3cnc(N)nc3)c2)cc(-c2ccc3scc(C)c3c2)n1. The Bertz CT molecular complexity index is 1420. The zero-order valence-electron chi connectivity index (χ0n) is 18.5. The molecular formula is C26H24N6S. The molecule has 0 radical (unpaired) electrons. The van der Waals surface area contributed by atoms with E-state index in [0.717, 1.165) is 47.0 Å². The highest BCUT2D eigenvalue weighted by Gasteiger charge is 2.08. The lowest BCUT2D eigenvalue weighted by atomic mass is 10.0. The van der Waals surface area contributed by atoms with Crippen LogP contribution in [-0.4, -0.2) is 26.5 Å². The zero-order chi connectivity index (χ0) is 22.8. The number of nitrogens with zero attached hydrogens (tertiary/aromatic N) is 4. The van der Waals surface area contributed by atoms with Gasteiger partial charge in [-0.2, -0.15) is 0 Å². The maximum atomic E-state index is 5.60. The number of rotatable bonds is 6. The molecule has 0 spiro atoms. The van der Waals surface area contributed by atoms with Crippen LogP contribution in [0, 0.1) is 13.8 Å². The van der Waals surface area contributed by atoms with Crippen molar-refractivity contribution in [1.82, 2.24) is 19.9 Å². The molecule has 33 heavy (non-hydrogen) atoms. The molecule has 3 aromatic heterocycles. The molecule has 0 fully saturated rings. The van der Waals surface area contributed by atoms with Crippen LogP contribution in [0.15, 0.2) is 66.3 Å². The fourth-order valence-corrected chi connectivity index (χ4v) is 4.77. The number of aromatic nitrogens is 4. The Morgan fingerprint density at radius 2 is 1.76 bits per heavy atom. The highest BCUT2D eigenvalue weighted by Crippen LogP contribution is 2.30. The van der Waals surface area contributed by atoms with E-state index in [1.807, 2.05) is 13.0 Å². The van der Waals surface area contributed by atoms with Crippen molar-refractivity contribution in [3.8, 4) is 22.4 Å². The van der Waals surface area contributed by atoms with E-state index in [1.165, 1.54) is 21.2 Å². The summed E-state index contributed by atoms with van der Waals surface area (Å²) in [7, 11) is 0. The van der Waals surface area contributed by atoms with Crippen LogP contribution >= 0.6 is 11.3 Å². The highest BCUT2D eigenvalue weighted by atomic mass is 32.1. The Morgan fingerprint density at radius 3 is 2.61 bits per heavy atom. The third-order valence-corrected chi connectivity index (χ3v) is 6.63. The minimum absolute atomic E-state index is 0.281. The van der Waals surface area contributed by atoms with Crippen LogP contribution in [0.2, 0.25) is 0 Å². The van der Waals surface area contributed by atoms with Crippen molar-refractivity contribution >= 4 is 33.2 Å². The summed E-state index contributed by atoms with van der Waals surface area (Å²) in [6, 6.07) is 16.9. The van der Waals surface area contributed by atoms with Crippen LogP contribution in [-0.2, 0) is 6.42 Å². The molecule has 5 aromatic rings. The quantitative estimate of drug-likeness (QED) is 0.345. The van der Waals surface area contributed by atoms with Crippen molar-refractivity contribution in [3.05, 3.63) is 83.3 Å². The number of anilines is 2. The van der Waals surface area contributed by atoms with Gasteiger partial charge in [-0.15, -0.1) is 11.3 Å². The number of thiophene rings is 1. The topological polar surface area (TPSA) is 89.6 Å². The van der Waals surface area contributed by atoms with Crippen molar-refractivity contribution < 1.29 is 0 Å². The molecule has 0 saturated heterocycles. The first kappa shape index (κ1) is 21.0. The second kappa shape index (κ2) is 8.96. The van der Waals surface area contributed by atoms with Crippen molar-refractivity contribution in [2.75, 3.05) is 17.6 Å². The Labute approximate surface area is 196 Å². The number of hydrogen-bond donors (Lipinski definition) is 2. The fourth-order valence-electron chi connectivity index (χ4n) is 3.85. The minimum atomic E-state index is 0.281. The van der Waals surface area contributed by atoms with Gasteiger partial charge in [-0.3, -0.25) is 0 Å². The predicted octanol–water partition coefficient (Wildman–Crippen LogP) is 5.67. The lowest BCUT2D eigenvalue weighted by Gasteiger charge is -2.10. The number of nitrogens with two attached hydrogens (primary N) is 1. The summed E-state index contributed by atoms with van der Waals surface area (Å²) >= 11 is 1.78. The first-order valence-corrected chi connectivity index (χ1v) is 11.7. The number of hydrogen-bond acceptors (Lipinski definition) is 7. The molecule has 0 amide bonds. The number of nitrogens with one attached hydrogen (secondary N) is 1. The first-order valence-electron chi connectivity index (χ1n) is 10.8. The van der Waals surface area contributed by atoms with E-state index in [-0.39, 0.29) is 5.95 Å². The second-order valence-electron chi connectivity index (χ2n) is 8.02. The van der Waals surface area contributed by atoms with Gasteiger partial charge in [0.05, 0.1) is 5.69 Å². The molecule has 0 unspecified atom stereocenters. The Morgan fingerprint density at radius 1 is 0.909 bits per heavy atom. The molecule has 164 valence electrons. The Hall–Kier alpha value is -3.84. The third kappa shape index (κ3) is 4.68. The van der Waals surface area contributed by atoms with Gasteiger partial charge in [0.15, 0.2) is 0 Å². The smallest absolute Gasteiger partial charge is 0.219 e. The van der Waals surface area contributed by atoms with Gasteiger partial charge in [-0.1, -0.05) is 30.3 Å². The molecule has 3 heterocycles. The fraction of sp³-hybridized carbons (Fsp3) is 0.154. The first-order chi connectivity index (χ1) is 16.0. The lowest BCUT2D eigenvalue weighted by Crippen LogP contribution is -2.08. The van der Waals surface area contributed by atoms with Gasteiger partial charge in [0.1, 0.15) is 11.6 Å². The summed E-state index contributed by atoms with van der Waals surface area (Å²) in [5, 5.41) is 6.95. The molecule has 0 aliphatic carbocycles. The molecule has 0 bridgehead atoms. The zero-order valence-corrected chi connectivity index (χ0v) is 19.4. The molecule has 2 aromatic carbocycles. The van der Waals surface area contributed by atoms with Crippen LogP contribution in [0.4, 0.5) is 11.8 Å². The molecule has 0 atom stereocenters. The van der Waals surface area contributed by atoms with Crippen molar-refractivity contribution in [2.24, 2.45) is 0 Å². The molecule has 5 rings (SSSR count). The Kier molecular flexibility index (Phi) is 5.71. The summed E-state index contributed by atoms with van der Waals surface area (Å²) in [5.74, 6) is 1.87. The van der Waals surface area contributed by atoms with Crippen molar-refractivity contribution in [3.63, 3.8) is 0 Å². The van der Waals surface area contributed by atoms with Crippen molar-refractivity contribution in [2.45, 2.75) is 20.3 Å². The van der Waals surface area contributed by atoms with Crippen molar-refractivity contribution in [1.29, 1.82) is 0 Å². The van der Waals surface area contributed by atoms with E-state index in [9.17, 15) is 0 Å². The summed E-state index contributed by atoms with van der Waals surface area (Å²) in [4.78, 5) is 17.4. The molecule has 7 heteroatoms. The highest BCUT2D eigenvalue weighted by molar-refractivity contribution is 7.17. The van der Waals surface area contributed by atoms with Crippen LogP contribution < -0.4 is 11.1 Å². The van der Waals surface area contributed by atoms with E-state index in [0.29, 0.717) is 0 Å². The van der Waals surface area contributed by atoms with Gasteiger partial charge in [-0.05, 0) is 59.9 Å². The predicted molar refractivity (Wildman–Crippen MR) is 136 cm³/mol. The van der Waals surface area contributed by atoms with Gasteiger partial charge in [0.2, 0.25) is 5.95 Å². The Balaban J connectivity index is 1.30. The van der Waals surface area contributed by atoms with Crippen LogP contribution in [0.25, 0.3) is 32.5 Å². The van der Waals surface area contributed by atoms with E-state index in [4.69, 9.17) is 5.73 Å². The average Bonchev–Trinajstić information content (AvgIpc) is 3.19. The number of benzene rings is 2. The maximum absolute atomic E-state index is 5.60. The normalized spacial score (nSPS) is 11.1. The average molecular weight is 453 g/mol. The summed E-state index contributed by atoms with van der Waals surface area (Å²) in [5.41, 5.74) is 12.2. The molecular weight excluding hydrogens is 428 g/mol. The molecule has 6 nitrogen and oxygen atoms in total. The summed E-state index contributed by atoms with van der Waals surface area (Å²) in [6.45, 7) is 4.84. The molecule has 0 aliphatic rings. The van der Waals surface area contributed by atoms with Crippen LogP contribution in [0.1, 0.15) is 17.0 Å². The van der Waals surface area contributed by atoms with E-state index in [1.54, 1.807) is 23.7 Å². The molecule has 3 N–H and O–H groups in total. The number of fused-ring (bicyclic) bond motifs is 1. The maximum Gasteiger partial charge on any atom is 0.219 e. The number of nitrogen functional groups attached to an aromatic ring is 1. The summed E-state index contributed by atoms with van der Waals surface area (Å²) in [6.07, 6.45) is 4.36. The van der Waals surface area contributed by atoms with Gasteiger partial charge in [0, 0.05) is 40.8 Å². The molecule has 0 saturated carbocycles. The molecule has 0 aliphatic heterocycles. The largest absolute Gasteiger partial charge is 0.370 e. The lowest BCUT2D eigenvalue weighted by molar-refractivity contribution is 0.983. The van der Waals surface area contributed by atoms with Gasteiger partial charge in [0.25, 0.3) is 0 Å². The number of aryl methyl sites for hydroxylation is 2. The standard InChI is InChI=1S/C26H24N6S/c1-16-15-33-24-7-6-20(11-22(16)24)23-12-25(32-17(2)31-23)28-9-8-18-4-3-5-19(10-18)21-13-29-26(27)30-14-21/h3-7,10-15H,8-9H2,1-2H3,(H2,27,29,30)(H,28,31,32). The van der Waals surface area contributed by atoms with Crippen LogP contribution in [0.5, 0.6) is 0 Å². The van der Waals surface area contributed by atoms with E-state index in [2.05, 4.69) is 80.0 Å². The van der Waals surface area contributed by atoms with Gasteiger partial charge >= 0.3 is 0 Å². The van der Waals surface area contributed by atoms with Crippen LogP contribution in [0.3, 0.4) is 0 Å². The van der Waals surface area contributed by atoms with Gasteiger partial charge in [-0.25, -0.2) is 19.9 Å². The van der Waals surface area contributed by atoms with Gasteiger partial charge < -0.3 is 11.1 Å². The van der Waals surface area contributed by atoms with E-state index < -0.39 is 0 Å². The monoisotopic (exact) mass is 452 g/mol. The summed E-state index contributed by atoms with van der Waals surface area (Å²) < 4.78 is 1.30. The minimum Gasteiger partial charge on any atom is -0.370 e. The van der Waals surface area contributed by atoms with E-state index >= 15 is 0 Å². The third-order valence-electron chi connectivity index (χ3n) is 5.55. The second-order valence-corrected chi connectivity index (χ2v) is 8.93.